The molecule has 2 aliphatic rings. The van der Waals surface area contributed by atoms with Gasteiger partial charge in [-0.2, -0.15) is 0 Å². The van der Waals surface area contributed by atoms with E-state index in [0.717, 1.165) is 6.08 Å². The number of carbonyl (C=O) groups excluding carboxylic acids is 2. The minimum absolute atomic E-state index is 0.0698. The SMILES string of the molecule is O=C1C=C(O)C2=C(NCC2)C1=O. The Morgan fingerprint density at radius 2 is 2.17 bits per heavy atom. The van der Waals surface area contributed by atoms with Crippen molar-refractivity contribution < 1.29 is 14.7 Å². The summed E-state index contributed by atoms with van der Waals surface area (Å²) < 4.78 is 0. The van der Waals surface area contributed by atoms with Crippen LogP contribution in [0.5, 0.6) is 0 Å². The van der Waals surface area contributed by atoms with Gasteiger partial charge in [0, 0.05) is 18.2 Å². The predicted molar refractivity (Wildman–Crippen MR) is 40.4 cm³/mol. The molecule has 0 amide bonds. The summed E-state index contributed by atoms with van der Waals surface area (Å²) in [6.45, 7) is 0.613. The average Bonchev–Trinajstić information content (AvgIpc) is 2.48. The lowest BCUT2D eigenvalue weighted by atomic mass is 10.00. The van der Waals surface area contributed by atoms with Crippen LogP contribution in [0.4, 0.5) is 0 Å². The summed E-state index contributed by atoms with van der Waals surface area (Å²) in [6, 6.07) is 0. The van der Waals surface area contributed by atoms with E-state index in [-0.39, 0.29) is 11.5 Å². The van der Waals surface area contributed by atoms with Gasteiger partial charge in [0.15, 0.2) is 0 Å². The summed E-state index contributed by atoms with van der Waals surface area (Å²) in [5.41, 5.74) is 0.847. The van der Waals surface area contributed by atoms with Crippen molar-refractivity contribution in [3.8, 4) is 0 Å². The number of allylic oxidation sites excluding steroid dienone is 3. The van der Waals surface area contributed by atoms with E-state index in [2.05, 4.69) is 5.32 Å². The summed E-state index contributed by atoms with van der Waals surface area (Å²) in [5.74, 6) is -1.26. The number of Topliss-reactive ketones (excluding diaryl/α,β-unsaturated/α-hetero) is 1. The summed E-state index contributed by atoms with van der Waals surface area (Å²) in [5, 5.41) is 12.0. The van der Waals surface area contributed by atoms with E-state index in [4.69, 9.17) is 0 Å². The number of hydrogen-bond acceptors (Lipinski definition) is 4. The molecule has 0 saturated carbocycles. The van der Waals surface area contributed by atoms with Crippen molar-refractivity contribution in [3.63, 3.8) is 0 Å². The van der Waals surface area contributed by atoms with Gasteiger partial charge < -0.3 is 10.4 Å². The van der Waals surface area contributed by atoms with Gasteiger partial charge in [0.1, 0.15) is 5.76 Å². The zero-order chi connectivity index (χ0) is 8.72. The minimum atomic E-state index is -0.652. The van der Waals surface area contributed by atoms with Gasteiger partial charge in [-0.15, -0.1) is 0 Å². The van der Waals surface area contributed by atoms with Crippen LogP contribution in [-0.4, -0.2) is 23.2 Å². The summed E-state index contributed by atoms with van der Waals surface area (Å²) in [4.78, 5) is 22.0. The fraction of sp³-hybridized carbons (Fsp3) is 0.250. The molecule has 12 heavy (non-hydrogen) atoms. The first kappa shape index (κ1) is 7.09. The van der Waals surface area contributed by atoms with Crippen molar-refractivity contribution in [2.24, 2.45) is 0 Å². The van der Waals surface area contributed by atoms with Crippen LogP contribution in [0.1, 0.15) is 6.42 Å². The van der Waals surface area contributed by atoms with Gasteiger partial charge in [-0.05, 0) is 6.42 Å². The lowest BCUT2D eigenvalue weighted by Gasteiger charge is -2.08. The number of aliphatic hydroxyl groups is 1. The van der Waals surface area contributed by atoms with Gasteiger partial charge in [0.25, 0.3) is 0 Å². The Labute approximate surface area is 68.6 Å². The zero-order valence-electron chi connectivity index (χ0n) is 6.26. The van der Waals surface area contributed by atoms with Crippen LogP contribution in [0, 0.1) is 0 Å². The molecule has 0 radical (unpaired) electrons. The molecule has 0 fully saturated rings. The molecular weight excluding hydrogens is 158 g/mol. The highest BCUT2D eigenvalue weighted by molar-refractivity contribution is 6.48. The highest BCUT2D eigenvalue weighted by Gasteiger charge is 2.31. The Kier molecular flexibility index (Phi) is 1.30. The van der Waals surface area contributed by atoms with Crippen molar-refractivity contribution in [2.45, 2.75) is 6.42 Å². The van der Waals surface area contributed by atoms with Crippen molar-refractivity contribution in [1.29, 1.82) is 0 Å². The fourth-order valence-corrected chi connectivity index (χ4v) is 1.42. The molecule has 0 aromatic carbocycles. The molecule has 62 valence electrons. The van der Waals surface area contributed by atoms with Gasteiger partial charge in [0.2, 0.25) is 11.6 Å². The number of ketones is 2. The van der Waals surface area contributed by atoms with Crippen LogP contribution in [0.15, 0.2) is 23.1 Å². The average molecular weight is 165 g/mol. The number of nitrogens with one attached hydrogen (secondary N) is 1. The van der Waals surface area contributed by atoms with Gasteiger partial charge in [-0.1, -0.05) is 0 Å². The van der Waals surface area contributed by atoms with E-state index in [1.165, 1.54) is 0 Å². The Morgan fingerprint density at radius 3 is 2.92 bits per heavy atom. The third-order valence-electron chi connectivity index (χ3n) is 2.01. The Balaban J connectivity index is 2.51. The first-order valence-electron chi connectivity index (χ1n) is 3.67. The van der Waals surface area contributed by atoms with Crippen LogP contribution in [-0.2, 0) is 9.59 Å². The molecular formula is C8H7NO3. The second-order valence-electron chi connectivity index (χ2n) is 2.75. The van der Waals surface area contributed by atoms with Crippen molar-refractivity contribution >= 4 is 11.6 Å². The highest BCUT2D eigenvalue weighted by Crippen LogP contribution is 2.24. The molecule has 4 heteroatoms. The van der Waals surface area contributed by atoms with Gasteiger partial charge in [0.05, 0.1) is 5.70 Å². The van der Waals surface area contributed by atoms with Crippen molar-refractivity contribution in [2.75, 3.05) is 6.54 Å². The quantitative estimate of drug-likeness (QED) is 0.386. The topological polar surface area (TPSA) is 66.4 Å². The maximum Gasteiger partial charge on any atom is 0.249 e. The molecule has 0 aromatic heterocycles. The molecule has 0 bridgehead atoms. The molecule has 1 heterocycles. The summed E-state index contributed by atoms with van der Waals surface area (Å²) in [7, 11) is 0. The van der Waals surface area contributed by atoms with Crippen LogP contribution in [0.2, 0.25) is 0 Å². The molecule has 4 nitrogen and oxygen atoms in total. The lowest BCUT2D eigenvalue weighted by Crippen LogP contribution is -2.25. The molecule has 2 rings (SSSR count). The molecule has 1 aliphatic heterocycles. The highest BCUT2D eigenvalue weighted by atomic mass is 16.3. The number of hydrogen-bond donors (Lipinski definition) is 2. The second kappa shape index (κ2) is 2.20. The maximum absolute atomic E-state index is 11.1. The molecule has 0 atom stereocenters. The van der Waals surface area contributed by atoms with Crippen LogP contribution in [0.25, 0.3) is 0 Å². The first-order valence-corrected chi connectivity index (χ1v) is 3.67. The van der Waals surface area contributed by atoms with Crippen LogP contribution < -0.4 is 5.32 Å². The maximum atomic E-state index is 11.1. The molecule has 1 aliphatic carbocycles. The van der Waals surface area contributed by atoms with E-state index in [9.17, 15) is 14.7 Å². The number of aliphatic hydroxyl groups excluding tert-OH is 1. The molecule has 0 spiro atoms. The largest absolute Gasteiger partial charge is 0.507 e. The Hall–Kier alpha value is -1.58. The number of rotatable bonds is 0. The van der Waals surface area contributed by atoms with E-state index in [1.807, 2.05) is 0 Å². The van der Waals surface area contributed by atoms with Gasteiger partial charge in [-0.25, -0.2) is 0 Å². The molecule has 0 saturated heterocycles. The first-order chi connectivity index (χ1) is 5.70. The molecule has 0 unspecified atom stereocenters. The normalized spacial score (nSPS) is 22.2. The Morgan fingerprint density at radius 1 is 1.42 bits per heavy atom. The zero-order valence-corrected chi connectivity index (χ0v) is 6.26. The smallest absolute Gasteiger partial charge is 0.249 e. The predicted octanol–water partition coefficient (Wildman–Crippen LogP) is -0.173. The number of carbonyl (C=O) groups is 2. The van der Waals surface area contributed by atoms with Crippen LogP contribution >= 0.6 is 0 Å². The van der Waals surface area contributed by atoms with Crippen LogP contribution in [0.3, 0.4) is 0 Å². The minimum Gasteiger partial charge on any atom is -0.507 e. The standard InChI is InChI=1S/C8H7NO3/c10-5-3-6(11)8(12)7-4(5)1-2-9-7/h3,9-10H,1-2H2. The lowest BCUT2D eigenvalue weighted by molar-refractivity contribution is -0.132. The van der Waals surface area contributed by atoms with E-state index < -0.39 is 11.6 Å². The molecule has 2 N–H and O–H groups in total. The second-order valence-corrected chi connectivity index (χ2v) is 2.75. The third kappa shape index (κ3) is 0.777. The third-order valence-corrected chi connectivity index (χ3v) is 2.01. The van der Waals surface area contributed by atoms with Crippen molar-refractivity contribution in [1.82, 2.24) is 5.32 Å². The Bertz CT molecular complexity index is 338. The summed E-state index contributed by atoms with van der Waals surface area (Å²) in [6.07, 6.45) is 1.59. The van der Waals surface area contributed by atoms with E-state index in [0.29, 0.717) is 18.5 Å². The van der Waals surface area contributed by atoms with Gasteiger partial charge in [-0.3, -0.25) is 9.59 Å². The van der Waals surface area contributed by atoms with Gasteiger partial charge >= 0.3 is 0 Å². The van der Waals surface area contributed by atoms with Crippen molar-refractivity contribution in [3.05, 3.63) is 23.1 Å². The molecule has 0 aromatic rings. The van der Waals surface area contributed by atoms with E-state index in [1.54, 1.807) is 0 Å². The summed E-state index contributed by atoms with van der Waals surface area (Å²) >= 11 is 0. The fourth-order valence-electron chi connectivity index (χ4n) is 1.42. The van der Waals surface area contributed by atoms with E-state index >= 15 is 0 Å². The monoisotopic (exact) mass is 165 g/mol.